The molecule has 110 valence electrons. The second-order valence-corrected chi connectivity index (χ2v) is 5.77. The van der Waals surface area contributed by atoms with Crippen LogP contribution in [0, 0.1) is 20.8 Å². The lowest BCUT2D eigenvalue weighted by molar-refractivity contribution is 0.102. The largest absolute Gasteiger partial charge is 0.320 e. The van der Waals surface area contributed by atoms with E-state index < -0.39 is 0 Å². The van der Waals surface area contributed by atoms with E-state index in [1.54, 1.807) is 0 Å². The third-order valence-electron chi connectivity index (χ3n) is 3.60. The van der Waals surface area contributed by atoms with Gasteiger partial charge in [0.25, 0.3) is 5.91 Å². The monoisotopic (exact) mass is 282 g/mol. The first kappa shape index (κ1) is 15.2. The minimum atomic E-state index is -0.0952. The highest BCUT2D eigenvalue weighted by atomic mass is 16.1. The Labute approximate surface area is 126 Å². The average molecular weight is 282 g/mol. The third-order valence-corrected chi connectivity index (χ3v) is 3.60. The molecular weight excluding hydrogens is 260 g/mol. The number of hydrogen-bond acceptors (Lipinski definition) is 2. The number of hydrogen-bond donors (Lipinski definition) is 1. The van der Waals surface area contributed by atoms with Crippen molar-refractivity contribution in [3.8, 4) is 0 Å². The van der Waals surface area contributed by atoms with E-state index in [9.17, 15) is 4.79 Å². The zero-order valence-electron chi connectivity index (χ0n) is 13.3. The summed E-state index contributed by atoms with van der Waals surface area (Å²) in [5.74, 6) is 0.370. The smallest absolute Gasteiger partial charge is 0.255 e. The molecule has 0 radical (unpaired) electrons. The molecule has 1 aromatic heterocycles. The molecule has 0 spiro atoms. The van der Waals surface area contributed by atoms with E-state index in [1.807, 2.05) is 51.1 Å². The van der Waals surface area contributed by atoms with Crippen LogP contribution in [-0.4, -0.2) is 10.9 Å². The first-order valence-corrected chi connectivity index (χ1v) is 7.24. The molecule has 2 rings (SSSR count). The quantitative estimate of drug-likeness (QED) is 0.907. The third kappa shape index (κ3) is 3.48. The molecule has 1 heterocycles. The predicted octanol–water partition coefficient (Wildman–Crippen LogP) is 4.38. The summed E-state index contributed by atoms with van der Waals surface area (Å²) in [6.07, 6.45) is 0. The van der Waals surface area contributed by atoms with Crippen molar-refractivity contribution in [2.24, 2.45) is 0 Å². The van der Waals surface area contributed by atoms with Gasteiger partial charge in [-0.25, -0.2) is 0 Å². The van der Waals surface area contributed by atoms with Crippen molar-refractivity contribution in [1.29, 1.82) is 0 Å². The van der Waals surface area contributed by atoms with Gasteiger partial charge in [0.2, 0.25) is 0 Å². The van der Waals surface area contributed by atoms with Crippen molar-refractivity contribution in [3.05, 3.63) is 58.4 Å². The zero-order chi connectivity index (χ0) is 15.6. The number of nitrogens with one attached hydrogen (secondary N) is 1. The number of anilines is 1. The Hall–Kier alpha value is -2.16. The number of amides is 1. The molecule has 1 aromatic carbocycles. The minimum absolute atomic E-state index is 0.0952. The summed E-state index contributed by atoms with van der Waals surface area (Å²) < 4.78 is 0. The van der Waals surface area contributed by atoms with Crippen molar-refractivity contribution < 1.29 is 4.79 Å². The molecule has 3 nitrogen and oxygen atoms in total. The van der Waals surface area contributed by atoms with Crippen LogP contribution < -0.4 is 5.32 Å². The predicted molar refractivity (Wildman–Crippen MR) is 86.9 cm³/mol. The van der Waals surface area contributed by atoms with Gasteiger partial charge in [0.05, 0.1) is 11.4 Å². The summed E-state index contributed by atoms with van der Waals surface area (Å²) in [5, 5.41) is 2.97. The SMILES string of the molecule is Cc1cc(C)c(NC(=O)c2ccc(C(C)C)cc2)c(C)n1. The molecule has 0 aliphatic carbocycles. The number of nitrogens with zero attached hydrogens (tertiary/aromatic N) is 1. The van der Waals surface area contributed by atoms with Gasteiger partial charge in [-0.1, -0.05) is 26.0 Å². The van der Waals surface area contributed by atoms with Crippen LogP contribution in [0.2, 0.25) is 0 Å². The molecule has 1 amide bonds. The van der Waals surface area contributed by atoms with Crippen molar-refractivity contribution in [2.75, 3.05) is 5.32 Å². The highest BCUT2D eigenvalue weighted by Gasteiger charge is 2.11. The second-order valence-electron chi connectivity index (χ2n) is 5.77. The van der Waals surface area contributed by atoms with Gasteiger partial charge in [-0.05, 0) is 56.0 Å². The van der Waals surface area contributed by atoms with Crippen LogP contribution >= 0.6 is 0 Å². The molecule has 0 unspecified atom stereocenters. The summed E-state index contributed by atoms with van der Waals surface area (Å²) in [7, 11) is 0. The van der Waals surface area contributed by atoms with E-state index in [4.69, 9.17) is 0 Å². The molecule has 0 aliphatic heterocycles. The number of aryl methyl sites for hydroxylation is 3. The molecule has 21 heavy (non-hydrogen) atoms. The molecule has 0 atom stereocenters. The van der Waals surface area contributed by atoms with Crippen LogP contribution in [0.25, 0.3) is 0 Å². The fourth-order valence-electron chi connectivity index (χ4n) is 2.42. The number of rotatable bonds is 3. The maximum Gasteiger partial charge on any atom is 0.255 e. The lowest BCUT2D eigenvalue weighted by atomic mass is 10.0. The van der Waals surface area contributed by atoms with E-state index in [0.717, 1.165) is 22.6 Å². The van der Waals surface area contributed by atoms with E-state index in [1.165, 1.54) is 5.56 Å². The maximum absolute atomic E-state index is 12.3. The van der Waals surface area contributed by atoms with E-state index in [2.05, 4.69) is 24.1 Å². The Morgan fingerprint density at radius 3 is 2.24 bits per heavy atom. The maximum atomic E-state index is 12.3. The molecule has 3 heteroatoms. The van der Waals surface area contributed by atoms with Gasteiger partial charge in [-0.3, -0.25) is 9.78 Å². The molecule has 0 fully saturated rings. The molecule has 1 N–H and O–H groups in total. The van der Waals surface area contributed by atoms with Crippen LogP contribution in [0.3, 0.4) is 0 Å². The van der Waals surface area contributed by atoms with Crippen LogP contribution in [0.4, 0.5) is 5.69 Å². The van der Waals surface area contributed by atoms with Crippen molar-refractivity contribution in [3.63, 3.8) is 0 Å². The summed E-state index contributed by atoms with van der Waals surface area (Å²) in [6, 6.07) is 9.73. The highest BCUT2D eigenvalue weighted by Crippen LogP contribution is 2.21. The normalized spacial score (nSPS) is 10.8. The van der Waals surface area contributed by atoms with Crippen molar-refractivity contribution in [1.82, 2.24) is 4.98 Å². The van der Waals surface area contributed by atoms with Gasteiger partial charge in [0.15, 0.2) is 0 Å². The Morgan fingerprint density at radius 1 is 1.10 bits per heavy atom. The van der Waals surface area contributed by atoms with Gasteiger partial charge >= 0.3 is 0 Å². The lowest BCUT2D eigenvalue weighted by Gasteiger charge is -2.12. The fourth-order valence-corrected chi connectivity index (χ4v) is 2.42. The van der Waals surface area contributed by atoms with Gasteiger partial charge in [0, 0.05) is 11.3 Å². The topological polar surface area (TPSA) is 42.0 Å². The van der Waals surface area contributed by atoms with Gasteiger partial charge < -0.3 is 5.32 Å². The minimum Gasteiger partial charge on any atom is -0.320 e. The van der Waals surface area contributed by atoms with E-state index >= 15 is 0 Å². The molecule has 2 aromatic rings. The number of carbonyl (C=O) groups excluding carboxylic acids is 1. The van der Waals surface area contributed by atoms with E-state index in [-0.39, 0.29) is 5.91 Å². The number of pyridine rings is 1. The molecule has 0 bridgehead atoms. The lowest BCUT2D eigenvalue weighted by Crippen LogP contribution is -2.14. The summed E-state index contributed by atoms with van der Waals surface area (Å²) in [5.41, 5.74) is 5.55. The van der Waals surface area contributed by atoms with Crippen molar-refractivity contribution >= 4 is 11.6 Å². The fraction of sp³-hybridized carbons (Fsp3) is 0.333. The van der Waals surface area contributed by atoms with Crippen LogP contribution in [0.5, 0.6) is 0 Å². The highest BCUT2D eigenvalue weighted by molar-refractivity contribution is 6.04. The molecule has 0 aliphatic rings. The standard InChI is InChI=1S/C18H22N2O/c1-11(2)15-6-8-16(9-7-15)18(21)20-17-12(3)10-13(4)19-14(17)5/h6-11H,1-5H3,(H,20,21). The number of benzene rings is 1. The molecule has 0 saturated carbocycles. The summed E-state index contributed by atoms with van der Waals surface area (Å²) in [4.78, 5) is 16.7. The Balaban J connectivity index is 2.22. The summed E-state index contributed by atoms with van der Waals surface area (Å²) in [6.45, 7) is 10.1. The molecular formula is C18H22N2O. The number of aromatic nitrogens is 1. The van der Waals surface area contributed by atoms with E-state index in [0.29, 0.717) is 11.5 Å². The first-order valence-electron chi connectivity index (χ1n) is 7.24. The second kappa shape index (κ2) is 6.08. The van der Waals surface area contributed by atoms with Crippen LogP contribution in [0.1, 0.15) is 52.6 Å². The van der Waals surface area contributed by atoms with Crippen LogP contribution in [0.15, 0.2) is 30.3 Å². The Bertz CT molecular complexity index is 634. The average Bonchev–Trinajstić information content (AvgIpc) is 2.42. The van der Waals surface area contributed by atoms with Gasteiger partial charge in [0.1, 0.15) is 0 Å². The number of carbonyl (C=O) groups is 1. The van der Waals surface area contributed by atoms with Crippen molar-refractivity contribution in [2.45, 2.75) is 40.5 Å². The van der Waals surface area contributed by atoms with Gasteiger partial charge in [-0.15, -0.1) is 0 Å². The zero-order valence-corrected chi connectivity index (χ0v) is 13.3. The summed E-state index contributed by atoms with van der Waals surface area (Å²) >= 11 is 0. The Morgan fingerprint density at radius 2 is 1.71 bits per heavy atom. The first-order chi connectivity index (χ1) is 9.88. The van der Waals surface area contributed by atoms with Gasteiger partial charge in [-0.2, -0.15) is 0 Å². The van der Waals surface area contributed by atoms with Crippen LogP contribution in [-0.2, 0) is 0 Å². The molecule has 0 saturated heterocycles. The Kier molecular flexibility index (Phi) is 4.41.